The van der Waals surface area contributed by atoms with Crippen molar-refractivity contribution in [3.8, 4) is 5.88 Å². The fourth-order valence-corrected chi connectivity index (χ4v) is 3.78. The van der Waals surface area contributed by atoms with E-state index in [0.29, 0.717) is 11.6 Å². The van der Waals surface area contributed by atoms with E-state index in [-0.39, 0.29) is 11.9 Å². The molecule has 3 aromatic heterocycles. The highest BCUT2D eigenvalue weighted by atomic mass is 16.4. The highest BCUT2D eigenvalue weighted by Crippen LogP contribution is 2.28. The highest BCUT2D eigenvalue weighted by molar-refractivity contribution is 6.03. The maximum atomic E-state index is 12.8. The number of para-hydroxylation sites is 1. The van der Waals surface area contributed by atoms with Gasteiger partial charge in [-0.3, -0.25) is 9.78 Å². The molecule has 5 rings (SSSR count). The van der Waals surface area contributed by atoms with E-state index < -0.39 is 5.91 Å². The Labute approximate surface area is 172 Å². The normalized spacial score (nSPS) is 16.7. The predicted octanol–water partition coefficient (Wildman–Crippen LogP) is 2.59. The third kappa shape index (κ3) is 3.39. The van der Waals surface area contributed by atoms with Crippen molar-refractivity contribution < 1.29 is 9.21 Å². The van der Waals surface area contributed by atoms with Crippen LogP contribution in [0.25, 0.3) is 16.8 Å². The molecule has 0 bridgehead atoms. The molecule has 1 saturated heterocycles. The Morgan fingerprint density at radius 2 is 2.10 bits per heavy atom. The summed E-state index contributed by atoms with van der Waals surface area (Å²) in [5.41, 5.74) is 8.47. The van der Waals surface area contributed by atoms with E-state index in [0.717, 1.165) is 42.5 Å². The monoisotopic (exact) mass is 403 g/mol. The van der Waals surface area contributed by atoms with E-state index in [9.17, 15) is 4.79 Å². The van der Waals surface area contributed by atoms with Gasteiger partial charge in [-0.15, -0.1) is 0 Å². The van der Waals surface area contributed by atoms with Crippen LogP contribution >= 0.6 is 0 Å². The molecule has 0 radical (unpaired) electrons. The van der Waals surface area contributed by atoms with Crippen LogP contribution in [-0.4, -0.2) is 44.8 Å². The number of carbonyl (C=O) groups excluding carboxylic acids is 1. The number of rotatable bonds is 4. The van der Waals surface area contributed by atoms with Gasteiger partial charge in [-0.1, -0.05) is 18.2 Å². The van der Waals surface area contributed by atoms with E-state index >= 15 is 0 Å². The summed E-state index contributed by atoms with van der Waals surface area (Å²) in [6.45, 7) is 1.62. The van der Waals surface area contributed by atoms with E-state index in [1.54, 1.807) is 23.3 Å². The van der Waals surface area contributed by atoms with Crippen molar-refractivity contribution in [3.63, 3.8) is 0 Å². The van der Waals surface area contributed by atoms with E-state index in [1.165, 1.54) is 6.20 Å². The van der Waals surface area contributed by atoms with Crippen molar-refractivity contribution in [2.45, 2.75) is 18.9 Å². The molecule has 0 saturated carbocycles. The molecule has 9 nitrogen and oxygen atoms in total. The number of hydrogen-bond donors (Lipinski definition) is 2. The summed E-state index contributed by atoms with van der Waals surface area (Å²) < 4.78 is 7.31. The second-order valence-corrected chi connectivity index (χ2v) is 7.31. The summed E-state index contributed by atoms with van der Waals surface area (Å²) in [5.74, 6) is -0.127. The van der Waals surface area contributed by atoms with Gasteiger partial charge in [0.2, 0.25) is 5.88 Å². The van der Waals surface area contributed by atoms with Gasteiger partial charge in [-0.05, 0) is 25.0 Å². The molecule has 0 spiro atoms. The first-order valence-electron chi connectivity index (χ1n) is 9.84. The van der Waals surface area contributed by atoms with Crippen molar-refractivity contribution >= 4 is 28.2 Å². The van der Waals surface area contributed by atoms with Crippen LogP contribution in [-0.2, 0) is 0 Å². The summed E-state index contributed by atoms with van der Waals surface area (Å²) in [4.78, 5) is 23.2. The minimum Gasteiger partial charge on any atom is -0.414 e. The summed E-state index contributed by atoms with van der Waals surface area (Å²) in [6.07, 6.45) is 8.57. The number of benzene rings is 1. The number of oxazole rings is 1. The van der Waals surface area contributed by atoms with Gasteiger partial charge in [0.15, 0.2) is 0 Å². The lowest BCUT2D eigenvalue weighted by molar-refractivity contribution is 0.0990. The smallest absolute Gasteiger partial charge is 0.311 e. The van der Waals surface area contributed by atoms with Gasteiger partial charge in [0, 0.05) is 30.7 Å². The highest BCUT2D eigenvalue weighted by Gasteiger charge is 2.22. The Morgan fingerprint density at radius 1 is 1.20 bits per heavy atom. The average molecular weight is 403 g/mol. The quantitative estimate of drug-likeness (QED) is 0.538. The molecular weight excluding hydrogens is 382 g/mol. The lowest BCUT2D eigenvalue weighted by atomic mass is 10.1. The van der Waals surface area contributed by atoms with Gasteiger partial charge in [0.25, 0.3) is 5.89 Å². The minimum atomic E-state index is -0.451. The van der Waals surface area contributed by atoms with Crippen molar-refractivity contribution in [1.29, 1.82) is 0 Å². The molecule has 0 unspecified atom stereocenters. The van der Waals surface area contributed by atoms with Crippen LogP contribution in [0, 0.1) is 0 Å². The van der Waals surface area contributed by atoms with E-state index in [1.807, 2.05) is 30.3 Å². The maximum Gasteiger partial charge on any atom is 0.311 e. The standard InChI is InChI=1S/C21H21N7O2/c22-15-5-3-9-27(13-15)18-7-8-23-11-16(18)26-20(29)21-24-12-19(30-21)28-17-6-2-1-4-14(17)10-25-28/h1-2,4,6-8,10-12,15H,3,5,9,13,22H2,(H,26,29)/t15-/m1/s1. The van der Waals surface area contributed by atoms with Crippen molar-refractivity contribution in [3.05, 3.63) is 61.0 Å². The predicted molar refractivity (Wildman–Crippen MR) is 113 cm³/mol. The molecule has 1 atom stereocenters. The Kier molecular flexibility index (Phi) is 4.64. The number of anilines is 2. The molecule has 1 amide bonds. The summed E-state index contributed by atoms with van der Waals surface area (Å²) in [6, 6.07) is 9.74. The number of nitrogens with two attached hydrogens (primary N) is 1. The third-order valence-corrected chi connectivity index (χ3v) is 5.22. The van der Waals surface area contributed by atoms with Crippen LogP contribution < -0.4 is 16.0 Å². The van der Waals surface area contributed by atoms with Gasteiger partial charge in [0.05, 0.1) is 35.5 Å². The number of amides is 1. The Bertz CT molecular complexity index is 1200. The van der Waals surface area contributed by atoms with Crippen molar-refractivity contribution in [1.82, 2.24) is 19.7 Å². The zero-order valence-electron chi connectivity index (χ0n) is 16.2. The van der Waals surface area contributed by atoms with Crippen molar-refractivity contribution in [2.24, 2.45) is 5.73 Å². The fourth-order valence-electron chi connectivity index (χ4n) is 3.78. The zero-order chi connectivity index (χ0) is 20.5. The molecule has 152 valence electrons. The second kappa shape index (κ2) is 7.60. The van der Waals surface area contributed by atoms with Crippen LogP contribution in [0.1, 0.15) is 23.5 Å². The maximum absolute atomic E-state index is 12.8. The SMILES string of the molecule is N[C@@H]1CCCN(c2ccncc2NC(=O)c2ncc(-n3ncc4ccccc43)o2)C1. The Morgan fingerprint density at radius 3 is 3.00 bits per heavy atom. The average Bonchev–Trinajstić information content (AvgIpc) is 3.41. The number of nitrogens with zero attached hydrogens (tertiary/aromatic N) is 5. The first kappa shape index (κ1) is 18.3. The molecule has 4 aromatic rings. The number of hydrogen-bond acceptors (Lipinski definition) is 7. The fraction of sp³-hybridized carbons (Fsp3) is 0.238. The molecule has 0 aliphatic carbocycles. The minimum absolute atomic E-state index is 0.0465. The van der Waals surface area contributed by atoms with Crippen LogP contribution in [0.15, 0.2) is 59.5 Å². The molecule has 1 aliphatic heterocycles. The Hall–Kier alpha value is -3.72. The Balaban J connectivity index is 1.38. The lowest BCUT2D eigenvalue weighted by Crippen LogP contribution is -2.43. The zero-order valence-corrected chi connectivity index (χ0v) is 16.2. The summed E-state index contributed by atoms with van der Waals surface area (Å²) >= 11 is 0. The largest absolute Gasteiger partial charge is 0.414 e. The van der Waals surface area contributed by atoms with E-state index in [4.69, 9.17) is 10.2 Å². The van der Waals surface area contributed by atoms with Gasteiger partial charge in [-0.2, -0.15) is 9.78 Å². The topological polar surface area (TPSA) is 115 Å². The van der Waals surface area contributed by atoms with Crippen LogP contribution in [0.5, 0.6) is 0 Å². The molecular formula is C21H21N7O2. The third-order valence-electron chi connectivity index (χ3n) is 5.22. The van der Waals surface area contributed by atoms with Crippen LogP contribution in [0.4, 0.5) is 11.4 Å². The van der Waals surface area contributed by atoms with Gasteiger partial charge >= 0.3 is 5.91 Å². The first-order chi connectivity index (χ1) is 14.7. The molecule has 9 heteroatoms. The lowest BCUT2D eigenvalue weighted by Gasteiger charge is -2.33. The molecule has 1 aromatic carbocycles. The first-order valence-corrected chi connectivity index (χ1v) is 9.84. The van der Waals surface area contributed by atoms with Gasteiger partial charge in [-0.25, -0.2) is 4.98 Å². The second-order valence-electron chi connectivity index (χ2n) is 7.31. The van der Waals surface area contributed by atoms with Crippen LogP contribution in [0.3, 0.4) is 0 Å². The number of piperidine rings is 1. The summed E-state index contributed by atoms with van der Waals surface area (Å²) in [5, 5.41) is 8.16. The molecule has 4 heterocycles. The molecule has 1 fully saturated rings. The number of carbonyl (C=O) groups is 1. The number of nitrogens with one attached hydrogen (secondary N) is 1. The number of pyridine rings is 1. The van der Waals surface area contributed by atoms with Gasteiger partial charge < -0.3 is 20.4 Å². The van der Waals surface area contributed by atoms with E-state index in [2.05, 4.69) is 25.3 Å². The number of aromatic nitrogens is 4. The summed E-state index contributed by atoms with van der Waals surface area (Å²) in [7, 11) is 0. The van der Waals surface area contributed by atoms with Crippen LogP contribution in [0.2, 0.25) is 0 Å². The molecule has 30 heavy (non-hydrogen) atoms. The number of fused-ring (bicyclic) bond motifs is 1. The van der Waals surface area contributed by atoms with Gasteiger partial charge in [0.1, 0.15) is 0 Å². The van der Waals surface area contributed by atoms with Crippen molar-refractivity contribution in [2.75, 3.05) is 23.3 Å². The molecule has 1 aliphatic rings. The molecule has 3 N–H and O–H groups in total.